The van der Waals surface area contributed by atoms with Gasteiger partial charge in [0.15, 0.2) is 11.5 Å². The lowest BCUT2D eigenvalue weighted by molar-refractivity contribution is -0.123. The number of nitrogens with one attached hydrogen (secondary N) is 1. The molecule has 0 saturated carbocycles. The van der Waals surface area contributed by atoms with Gasteiger partial charge >= 0.3 is 0 Å². The van der Waals surface area contributed by atoms with Crippen molar-refractivity contribution in [3.05, 3.63) is 64.7 Å². The summed E-state index contributed by atoms with van der Waals surface area (Å²) in [6, 6.07) is 12.9. The van der Waals surface area contributed by atoms with E-state index in [-0.39, 0.29) is 11.8 Å². The predicted octanol–water partition coefficient (Wildman–Crippen LogP) is 4.08. The first kappa shape index (κ1) is 22.8. The third-order valence-corrected chi connectivity index (χ3v) is 4.73. The number of nitrogens with two attached hydrogens (primary N) is 1. The van der Waals surface area contributed by atoms with Gasteiger partial charge in [-0.15, -0.1) is 0 Å². The van der Waals surface area contributed by atoms with Crippen LogP contribution < -0.4 is 20.5 Å². The molecule has 0 saturated heterocycles. The lowest BCUT2D eigenvalue weighted by Crippen LogP contribution is -2.44. The van der Waals surface area contributed by atoms with E-state index in [0.29, 0.717) is 36.1 Å². The van der Waals surface area contributed by atoms with Gasteiger partial charge < -0.3 is 20.5 Å². The molecule has 0 fully saturated rings. The molecule has 0 spiro atoms. The monoisotopic (exact) mass is 416 g/mol. The van der Waals surface area contributed by atoms with Crippen molar-refractivity contribution < 1.29 is 14.3 Å². The highest BCUT2D eigenvalue weighted by Crippen LogP contribution is 2.28. The average molecular weight is 417 g/mol. The van der Waals surface area contributed by atoms with Gasteiger partial charge in [0.05, 0.1) is 13.2 Å². The van der Waals surface area contributed by atoms with E-state index in [4.69, 9.17) is 26.8 Å². The molecule has 1 amide bonds. The topological polar surface area (TPSA) is 73.6 Å². The Balaban J connectivity index is 1.86. The van der Waals surface area contributed by atoms with Crippen molar-refractivity contribution >= 4 is 23.6 Å². The summed E-state index contributed by atoms with van der Waals surface area (Å²) < 4.78 is 11.2. The van der Waals surface area contributed by atoms with Crippen LogP contribution in [0.25, 0.3) is 6.08 Å². The molecular formula is C23H29ClN2O3. The van der Waals surface area contributed by atoms with Gasteiger partial charge in [-0.05, 0) is 53.8 Å². The first-order chi connectivity index (χ1) is 13.9. The number of methoxy groups -OCH3 is 1. The second-order valence-corrected chi connectivity index (χ2v) is 7.50. The van der Waals surface area contributed by atoms with Gasteiger partial charge in [-0.3, -0.25) is 4.79 Å². The SMILES string of the molecule is COc1cc(CCNC(=O)C(N)C(C)C)ccc1OCC=Cc1ccc(Cl)cc1. The second kappa shape index (κ2) is 11.5. The molecule has 0 aliphatic rings. The fourth-order valence-electron chi connectivity index (χ4n) is 2.63. The van der Waals surface area contributed by atoms with Crippen molar-refractivity contribution in [2.45, 2.75) is 26.3 Å². The van der Waals surface area contributed by atoms with E-state index in [1.54, 1.807) is 7.11 Å². The van der Waals surface area contributed by atoms with Crippen molar-refractivity contribution in [2.75, 3.05) is 20.3 Å². The largest absolute Gasteiger partial charge is 0.493 e. The van der Waals surface area contributed by atoms with E-state index in [2.05, 4.69) is 5.32 Å². The van der Waals surface area contributed by atoms with Gasteiger partial charge in [0.1, 0.15) is 6.61 Å². The first-order valence-corrected chi connectivity index (χ1v) is 10.0. The number of ether oxygens (including phenoxy) is 2. The molecule has 2 aromatic carbocycles. The summed E-state index contributed by atoms with van der Waals surface area (Å²) in [7, 11) is 1.61. The Morgan fingerprint density at radius 3 is 2.55 bits per heavy atom. The number of hydrogen-bond acceptors (Lipinski definition) is 4. The molecule has 0 radical (unpaired) electrons. The number of benzene rings is 2. The molecule has 1 atom stereocenters. The molecule has 2 rings (SSSR count). The number of rotatable bonds is 10. The Labute approximate surface area is 177 Å². The highest BCUT2D eigenvalue weighted by atomic mass is 35.5. The van der Waals surface area contributed by atoms with E-state index < -0.39 is 6.04 Å². The van der Waals surface area contributed by atoms with Gasteiger partial charge in [-0.25, -0.2) is 0 Å². The van der Waals surface area contributed by atoms with Crippen molar-refractivity contribution in [3.63, 3.8) is 0 Å². The maximum absolute atomic E-state index is 11.9. The van der Waals surface area contributed by atoms with E-state index >= 15 is 0 Å². The molecule has 0 heterocycles. The molecule has 0 aliphatic heterocycles. The van der Waals surface area contributed by atoms with E-state index in [1.165, 1.54) is 0 Å². The van der Waals surface area contributed by atoms with Crippen LogP contribution in [0.2, 0.25) is 5.02 Å². The number of amides is 1. The van der Waals surface area contributed by atoms with E-state index in [1.807, 2.05) is 68.5 Å². The summed E-state index contributed by atoms with van der Waals surface area (Å²) in [5, 5.41) is 3.59. The highest BCUT2D eigenvalue weighted by Gasteiger charge is 2.16. The van der Waals surface area contributed by atoms with Crippen LogP contribution in [0.4, 0.5) is 0 Å². The normalized spacial score (nSPS) is 12.2. The average Bonchev–Trinajstić information content (AvgIpc) is 2.72. The molecule has 0 aliphatic carbocycles. The van der Waals surface area contributed by atoms with Gasteiger partial charge in [0, 0.05) is 11.6 Å². The minimum Gasteiger partial charge on any atom is -0.493 e. The summed E-state index contributed by atoms with van der Waals surface area (Å²) in [6.07, 6.45) is 4.59. The van der Waals surface area contributed by atoms with Crippen LogP contribution >= 0.6 is 11.6 Å². The third-order valence-electron chi connectivity index (χ3n) is 4.48. The fourth-order valence-corrected chi connectivity index (χ4v) is 2.76. The minimum absolute atomic E-state index is 0.111. The molecule has 5 nitrogen and oxygen atoms in total. The zero-order chi connectivity index (χ0) is 21.2. The molecule has 2 aromatic rings. The fraction of sp³-hybridized carbons (Fsp3) is 0.348. The molecular weight excluding hydrogens is 388 g/mol. The summed E-state index contributed by atoms with van der Waals surface area (Å²) >= 11 is 5.88. The Morgan fingerprint density at radius 2 is 1.90 bits per heavy atom. The second-order valence-electron chi connectivity index (χ2n) is 7.06. The lowest BCUT2D eigenvalue weighted by Gasteiger charge is -2.15. The van der Waals surface area contributed by atoms with Gasteiger partial charge in [0.25, 0.3) is 0 Å². The first-order valence-electron chi connectivity index (χ1n) is 9.66. The van der Waals surface area contributed by atoms with Crippen LogP contribution in [-0.4, -0.2) is 32.2 Å². The summed E-state index contributed by atoms with van der Waals surface area (Å²) in [5.74, 6) is 1.31. The molecule has 156 valence electrons. The predicted molar refractivity (Wildman–Crippen MR) is 119 cm³/mol. The van der Waals surface area contributed by atoms with Crippen LogP contribution in [0.3, 0.4) is 0 Å². The summed E-state index contributed by atoms with van der Waals surface area (Å²) in [5.41, 5.74) is 7.95. The Kier molecular flexibility index (Phi) is 9.03. The van der Waals surface area contributed by atoms with Crippen LogP contribution in [0.1, 0.15) is 25.0 Å². The van der Waals surface area contributed by atoms with Crippen LogP contribution in [0.15, 0.2) is 48.5 Å². The molecule has 29 heavy (non-hydrogen) atoms. The maximum atomic E-state index is 11.9. The van der Waals surface area contributed by atoms with Crippen molar-refractivity contribution in [1.82, 2.24) is 5.32 Å². The van der Waals surface area contributed by atoms with Crippen LogP contribution in [-0.2, 0) is 11.2 Å². The van der Waals surface area contributed by atoms with Gasteiger partial charge in [-0.2, -0.15) is 0 Å². The quantitative estimate of drug-likeness (QED) is 0.612. The lowest BCUT2D eigenvalue weighted by atomic mass is 10.0. The van der Waals surface area contributed by atoms with Crippen molar-refractivity contribution in [2.24, 2.45) is 11.7 Å². The number of carbonyl (C=O) groups is 1. The Hall–Kier alpha value is -2.50. The molecule has 6 heteroatoms. The minimum atomic E-state index is -0.485. The highest BCUT2D eigenvalue weighted by molar-refractivity contribution is 6.30. The van der Waals surface area contributed by atoms with E-state index in [0.717, 1.165) is 11.1 Å². The number of halogens is 1. The number of hydrogen-bond donors (Lipinski definition) is 2. The standard InChI is InChI=1S/C23H29ClN2O3/c1-16(2)22(25)23(27)26-13-12-18-8-11-20(21(15-18)28-3)29-14-4-5-17-6-9-19(24)10-7-17/h4-11,15-16,22H,12-14,25H2,1-3H3,(H,26,27). The van der Waals surface area contributed by atoms with Crippen molar-refractivity contribution in [1.29, 1.82) is 0 Å². The van der Waals surface area contributed by atoms with Crippen molar-refractivity contribution in [3.8, 4) is 11.5 Å². The third kappa shape index (κ3) is 7.44. The van der Waals surface area contributed by atoms with E-state index in [9.17, 15) is 4.79 Å². The molecule has 3 N–H and O–H groups in total. The zero-order valence-electron chi connectivity index (χ0n) is 17.2. The molecule has 1 unspecified atom stereocenters. The molecule has 0 bridgehead atoms. The zero-order valence-corrected chi connectivity index (χ0v) is 17.9. The Morgan fingerprint density at radius 1 is 1.17 bits per heavy atom. The number of carbonyl (C=O) groups excluding carboxylic acids is 1. The van der Waals surface area contributed by atoms with Gasteiger partial charge in [0.2, 0.25) is 5.91 Å². The summed E-state index contributed by atoms with van der Waals surface area (Å²) in [6.45, 7) is 4.80. The smallest absolute Gasteiger partial charge is 0.237 e. The molecule has 0 aromatic heterocycles. The van der Waals surface area contributed by atoms with Crippen LogP contribution in [0.5, 0.6) is 11.5 Å². The Bertz CT molecular complexity index is 819. The maximum Gasteiger partial charge on any atom is 0.237 e. The van der Waals surface area contributed by atoms with Gasteiger partial charge in [-0.1, -0.05) is 49.7 Å². The van der Waals surface area contributed by atoms with Crippen LogP contribution in [0, 0.1) is 5.92 Å². The summed E-state index contributed by atoms with van der Waals surface area (Å²) in [4.78, 5) is 11.9.